The van der Waals surface area contributed by atoms with E-state index in [9.17, 15) is 27.5 Å². The predicted octanol–water partition coefficient (Wildman–Crippen LogP) is 3.43. The van der Waals surface area contributed by atoms with Gasteiger partial charge in [-0.05, 0) is 61.9 Å². The molecule has 0 aliphatic carbocycles. The summed E-state index contributed by atoms with van der Waals surface area (Å²) >= 11 is 0. The Bertz CT molecular complexity index is 1500. The zero-order valence-corrected chi connectivity index (χ0v) is 23.9. The Morgan fingerprint density at radius 3 is 2.39 bits per heavy atom. The van der Waals surface area contributed by atoms with Crippen molar-refractivity contribution >= 4 is 5.91 Å². The topological polar surface area (TPSA) is 131 Å². The summed E-state index contributed by atoms with van der Waals surface area (Å²) in [5, 5.41) is 25.9. The maximum Gasteiger partial charge on any atom is 0.424 e. The van der Waals surface area contributed by atoms with Crippen molar-refractivity contribution in [2.45, 2.75) is 30.2 Å². The van der Waals surface area contributed by atoms with Crippen LogP contribution in [0.1, 0.15) is 34.5 Å². The number of aromatic nitrogens is 1. The number of fused-ring (bicyclic) bond motifs is 2. The average Bonchev–Trinajstić information content (AvgIpc) is 3.64. The molecular weight excluding hydrogens is 590 g/mol. The normalized spacial score (nSPS) is 18.8. The van der Waals surface area contributed by atoms with E-state index in [4.69, 9.17) is 24.1 Å². The van der Waals surface area contributed by atoms with Crippen molar-refractivity contribution in [3.8, 4) is 34.3 Å². The van der Waals surface area contributed by atoms with Crippen LogP contribution < -0.4 is 29.6 Å². The molecule has 1 aromatic heterocycles. The number of aliphatic hydroxyl groups is 2. The lowest BCUT2D eigenvalue weighted by atomic mass is 9.86. The van der Waals surface area contributed by atoms with Crippen LogP contribution in [0.3, 0.4) is 0 Å². The van der Waals surface area contributed by atoms with E-state index in [1.807, 2.05) is 0 Å². The average molecular weight is 622 g/mol. The quantitative estimate of drug-likeness (QED) is 0.252. The molecule has 2 aliphatic rings. The maximum absolute atomic E-state index is 14.7. The fraction of sp³-hybridized carbons (Fsp3) is 0.400. The van der Waals surface area contributed by atoms with Crippen LogP contribution >= 0.6 is 0 Å². The molecule has 1 spiro atoms. The molecule has 0 bridgehead atoms. The van der Waals surface area contributed by atoms with Gasteiger partial charge in [0.1, 0.15) is 24.7 Å². The van der Waals surface area contributed by atoms with Gasteiger partial charge in [-0.2, -0.15) is 13.2 Å². The molecule has 5 rings (SSSR count). The van der Waals surface area contributed by atoms with E-state index in [2.05, 4.69) is 15.6 Å². The molecule has 1 amide bonds. The first-order chi connectivity index (χ1) is 21.0. The minimum Gasteiger partial charge on any atom is -0.493 e. The summed E-state index contributed by atoms with van der Waals surface area (Å²) < 4.78 is 79.8. The largest absolute Gasteiger partial charge is 0.493 e. The maximum atomic E-state index is 14.7. The van der Waals surface area contributed by atoms with Gasteiger partial charge < -0.3 is 39.8 Å². The van der Waals surface area contributed by atoms with Gasteiger partial charge in [0.15, 0.2) is 17.2 Å². The third kappa shape index (κ3) is 5.60. The van der Waals surface area contributed by atoms with Crippen molar-refractivity contribution in [2.24, 2.45) is 0 Å². The molecule has 44 heavy (non-hydrogen) atoms. The number of methoxy groups -OCH3 is 2. The highest BCUT2D eigenvalue weighted by molar-refractivity contribution is 5.95. The zero-order chi connectivity index (χ0) is 31.7. The summed E-state index contributed by atoms with van der Waals surface area (Å²) in [6, 6.07) is 8.63. The number of alkyl halides is 3. The molecule has 0 saturated carbocycles. The van der Waals surface area contributed by atoms with Crippen LogP contribution in [0.25, 0.3) is 11.3 Å². The van der Waals surface area contributed by atoms with Gasteiger partial charge in [0.25, 0.3) is 5.91 Å². The summed E-state index contributed by atoms with van der Waals surface area (Å²) in [6.07, 6.45) is -3.95. The van der Waals surface area contributed by atoms with Crippen LogP contribution in [0.5, 0.6) is 23.0 Å². The molecular formula is C30H31F4N3O7. The molecule has 10 nitrogen and oxygen atoms in total. The number of pyridine rings is 1. The third-order valence-electron chi connectivity index (χ3n) is 7.77. The van der Waals surface area contributed by atoms with Crippen LogP contribution in [-0.2, 0) is 11.1 Å². The van der Waals surface area contributed by atoms with Crippen LogP contribution in [0.15, 0.2) is 42.5 Å². The second kappa shape index (κ2) is 12.1. The lowest BCUT2D eigenvalue weighted by molar-refractivity contribution is -0.265. The molecule has 3 aromatic rings. The lowest BCUT2D eigenvalue weighted by Gasteiger charge is -2.32. The smallest absolute Gasteiger partial charge is 0.424 e. The fourth-order valence-electron chi connectivity index (χ4n) is 5.43. The van der Waals surface area contributed by atoms with Crippen LogP contribution in [0, 0.1) is 5.82 Å². The van der Waals surface area contributed by atoms with Gasteiger partial charge in [0.2, 0.25) is 11.4 Å². The summed E-state index contributed by atoms with van der Waals surface area (Å²) in [5.41, 5.74) is -4.64. The Hall–Kier alpha value is -4.14. The van der Waals surface area contributed by atoms with E-state index in [-0.39, 0.29) is 59.6 Å². The van der Waals surface area contributed by atoms with Gasteiger partial charge in [0.05, 0.1) is 38.6 Å². The number of ether oxygens (including phenoxy) is 4. The standard InChI is InChI=1S/C30H31F4N3O7/c1-41-21-12-18(13-22(42-2)26(21)43-11-10-38)27(39)35-15-29(40,30(32,33)34)23-14-20-25(44-16-28(20)8-3-9-36-28)24(37-23)17-4-6-19(31)7-5-17/h4-7,12-14,36,38,40H,3,8-11,15-16H2,1-2H3,(H,35,39). The molecule has 1 fully saturated rings. The number of halogens is 4. The van der Waals surface area contributed by atoms with Crippen LogP contribution in [0.4, 0.5) is 17.6 Å². The summed E-state index contributed by atoms with van der Waals surface area (Å²) in [5.74, 6) is -1.13. The number of rotatable bonds is 10. The molecule has 0 radical (unpaired) electrons. The van der Waals surface area contributed by atoms with Crippen molar-refractivity contribution in [2.75, 3.05) is 47.1 Å². The number of nitrogens with zero attached hydrogens (tertiary/aromatic N) is 1. The number of carbonyl (C=O) groups is 1. The van der Waals surface area contributed by atoms with Gasteiger partial charge in [0, 0.05) is 16.7 Å². The number of benzene rings is 2. The molecule has 3 heterocycles. The molecule has 236 valence electrons. The monoisotopic (exact) mass is 621 g/mol. The van der Waals surface area contributed by atoms with Crippen molar-refractivity contribution in [1.29, 1.82) is 0 Å². The first-order valence-corrected chi connectivity index (χ1v) is 13.7. The van der Waals surface area contributed by atoms with E-state index in [0.29, 0.717) is 18.5 Å². The molecule has 14 heteroatoms. The van der Waals surface area contributed by atoms with Crippen molar-refractivity contribution in [3.63, 3.8) is 0 Å². The minimum atomic E-state index is -5.28. The Labute approximate surface area is 249 Å². The van der Waals surface area contributed by atoms with Crippen molar-refractivity contribution in [3.05, 3.63) is 65.1 Å². The summed E-state index contributed by atoms with van der Waals surface area (Å²) in [7, 11) is 2.58. The minimum absolute atomic E-state index is 0.00465. The zero-order valence-electron chi connectivity index (χ0n) is 23.9. The molecule has 2 aliphatic heterocycles. The second-order valence-electron chi connectivity index (χ2n) is 10.5. The second-order valence-corrected chi connectivity index (χ2v) is 10.5. The lowest BCUT2D eigenvalue weighted by Crippen LogP contribution is -2.51. The van der Waals surface area contributed by atoms with Gasteiger partial charge in [-0.25, -0.2) is 9.37 Å². The van der Waals surface area contributed by atoms with E-state index in [1.165, 1.54) is 38.5 Å². The molecule has 2 unspecified atom stereocenters. The number of nitrogens with one attached hydrogen (secondary N) is 2. The van der Waals surface area contributed by atoms with Crippen molar-refractivity contribution < 1.29 is 51.5 Å². The Kier molecular flexibility index (Phi) is 8.60. The SMILES string of the molecule is COc1cc(C(=O)NCC(O)(c2cc3c(c(-c4ccc(F)cc4)n2)OCC32CCCN2)C(F)(F)F)cc(OC)c1OCCO. The van der Waals surface area contributed by atoms with Gasteiger partial charge in [-0.3, -0.25) is 4.79 Å². The summed E-state index contributed by atoms with van der Waals surface area (Å²) in [4.78, 5) is 17.4. The Morgan fingerprint density at radius 2 is 1.82 bits per heavy atom. The van der Waals surface area contributed by atoms with E-state index in [0.717, 1.165) is 24.6 Å². The predicted molar refractivity (Wildman–Crippen MR) is 148 cm³/mol. The summed E-state index contributed by atoms with van der Waals surface area (Å²) in [6.45, 7) is -0.953. The highest BCUT2D eigenvalue weighted by Gasteiger charge is 2.57. The first kappa shape index (κ1) is 31.3. The van der Waals surface area contributed by atoms with Crippen LogP contribution in [0.2, 0.25) is 0 Å². The van der Waals surface area contributed by atoms with Gasteiger partial charge >= 0.3 is 6.18 Å². The molecule has 1 saturated heterocycles. The van der Waals surface area contributed by atoms with E-state index >= 15 is 0 Å². The number of amides is 1. The number of carbonyl (C=O) groups excluding carboxylic acids is 1. The molecule has 4 N–H and O–H groups in total. The molecule has 2 aromatic carbocycles. The number of aliphatic hydroxyl groups excluding tert-OH is 1. The first-order valence-electron chi connectivity index (χ1n) is 13.7. The van der Waals surface area contributed by atoms with Gasteiger partial charge in [-0.15, -0.1) is 0 Å². The van der Waals surface area contributed by atoms with Gasteiger partial charge in [-0.1, -0.05) is 0 Å². The Balaban J connectivity index is 1.54. The van der Waals surface area contributed by atoms with Crippen LogP contribution in [-0.4, -0.2) is 74.4 Å². The highest BCUT2D eigenvalue weighted by Crippen LogP contribution is 2.49. The third-order valence-corrected chi connectivity index (χ3v) is 7.77. The fourth-order valence-corrected chi connectivity index (χ4v) is 5.43. The highest BCUT2D eigenvalue weighted by atomic mass is 19.4. The number of hydrogen-bond donors (Lipinski definition) is 4. The van der Waals surface area contributed by atoms with E-state index in [1.54, 1.807) is 0 Å². The van der Waals surface area contributed by atoms with E-state index < -0.39 is 41.3 Å². The number of hydrogen-bond acceptors (Lipinski definition) is 9. The van der Waals surface area contributed by atoms with Crippen molar-refractivity contribution in [1.82, 2.24) is 15.6 Å². The molecule has 2 atom stereocenters. The Morgan fingerprint density at radius 1 is 1.14 bits per heavy atom.